The molecule has 0 radical (unpaired) electrons. The summed E-state index contributed by atoms with van der Waals surface area (Å²) in [5.41, 5.74) is 0.573. The third-order valence-corrected chi connectivity index (χ3v) is 4.50. The van der Waals surface area contributed by atoms with Gasteiger partial charge in [-0.15, -0.1) is 0 Å². The molecule has 0 bridgehead atoms. The van der Waals surface area contributed by atoms with Crippen molar-refractivity contribution < 1.29 is 13.2 Å². The molecule has 0 saturated heterocycles. The second-order valence-electron chi connectivity index (χ2n) is 5.41. The summed E-state index contributed by atoms with van der Waals surface area (Å²) in [4.78, 5) is 12.2. The molecule has 112 valence electrons. The molecule has 0 spiro atoms. The van der Waals surface area contributed by atoms with Crippen LogP contribution in [0.5, 0.6) is 0 Å². The number of rotatable bonds is 5. The second kappa shape index (κ2) is 5.93. The Morgan fingerprint density at radius 1 is 1.30 bits per heavy atom. The van der Waals surface area contributed by atoms with Gasteiger partial charge in [-0.3, -0.25) is 4.79 Å². The first-order chi connectivity index (χ1) is 9.11. The molecule has 0 aromatic heterocycles. The van der Waals surface area contributed by atoms with Gasteiger partial charge in [0, 0.05) is 11.1 Å². The number of carbonyl (C=O) groups is 1. The number of nitrogens with one attached hydrogen (secondary N) is 1. The second-order valence-corrected chi connectivity index (χ2v) is 6.94. The molecule has 5 nitrogen and oxygen atoms in total. The van der Waals surface area contributed by atoms with E-state index in [1.165, 1.54) is 6.07 Å². The van der Waals surface area contributed by atoms with Gasteiger partial charge in [0.1, 0.15) is 0 Å². The van der Waals surface area contributed by atoms with Crippen LogP contribution in [-0.2, 0) is 21.2 Å². The number of primary sulfonamides is 1. The van der Waals surface area contributed by atoms with Crippen LogP contribution in [0.3, 0.4) is 0 Å². The standard InChI is InChI=1S/C14H22N2O3S/c1-5-10-7-8-11(9-12(10)20(15,18)19)16-13(17)14(3,4)6-2/h7-9H,5-6H2,1-4H3,(H,16,17)(H2,15,18,19). The van der Waals surface area contributed by atoms with Crippen LogP contribution in [0.2, 0.25) is 0 Å². The molecule has 0 aliphatic carbocycles. The summed E-state index contributed by atoms with van der Waals surface area (Å²) in [6.07, 6.45) is 1.24. The van der Waals surface area contributed by atoms with Crippen LogP contribution in [0.4, 0.5) is 5.69 Å². The fourth-order valence-electron chi connectivity index (χ4n) is 1.65. The lowest BCUT2D eigenvalue weighted by Gasteiger charge is -2.21. The predicted molar refractivity (Wildman–Crippen MR) is 79.9 cm³/mol. The quantitative estimate of drug-likeness (QED) is 0.873. The summed E-state index contributed by atoms with van der Waals surface area (Å²) in [6.45, 7) is 7.45. The molecule has 0 heterocycles. The van der Waals surface area contributed by atoms with Crippen LogP contribution in [0.15, 0.2) is 23.1 Å². The highest BCUT2D eigenvalue weighted by Gasteiger charge is 2.25. The van der Waals surface area contributed by atoms with Crippen molar-refractivity contribution >= 4 is 21.6 Å². The lowest BCUT2D eigenvalue weighted by atomic mass is 9.89. The van der Waals surface area contributed by atoms with Crippen molar-refractivity contribution in [2.45, 2.75) is 45.4 Å². The number of anilines is 1. The van der Waals surface area contributed by atoms with E-state index in [-0.39, 0.29) is 10.8 Å². The highest BCUT2D eigenvalue weighted by Crippen LogP contribution is 2.25. The molecular formula is C14H22N2O3S. The summed E-state index contributed by atoms with van der Waals surface area (Å²) in [6, 6.07) is 4.78. The van der Waals surface area contributed by atoms with Crippen molar-refractivity contribution in [3.8, 4) is 0 Å². The third kappa shape index (κ3) is 3.80. The summed E-state index contributed by atoms with van der Waals surface area (Å²) in [5.74, 6) is -0.149. The molecule has 1 aromatic carbocycles. The van der Waals surface area contributed by atoms with Gasteiger partial charge in [0.2, 0.25) is 15.9 Å². The number of hydrogen-bond acceptors (Lipinski definition) is 3. The average Bonchev–Trinajstić information content (AvgIpc) is 2.37. The molecule has 0 saturated carbocycles. The molecule has 20 heavy (non-hydrogen) atoms. The number of amides is 1. The minimum atomic E-state index is -3.80. The van der Waals surface area contributed by atoms with Crippen molar-refractivity contribution in [3.05, 3.63) is 23.8 Å². The molecule has 1 aromatic rings. The number of hydrogen-bond donors (Lipinski definition) is 2. The van der Waals surface area contributed by atoms with Crippen LogP contribution >= 0.6 is 0 Å². The van der Waals surface area contributed by atoms with Gasteiger partial charge < -0.3 is 5.32 Å². The largest absolute Gasteiger partial charge is 0.326 e. The molecule has 0 atom stereocenters. The van der Waals surface area contributed by atoms with Gasteiger partial charge in [0.25, 0.3) is 0 Å². The van der Waals surface area contributed by atoms with E-state index in [1.807, 2.05) is 27.7 Å². The SMILES string of the molecule is CCc1ccc(NC(=O)C(C)(C)CC)cc1S(N)(=O)=O. The van der Waals surface area contributed by atoms with E-state index in [4.69, 9.17) is 5.14 Å². The van der Waals surface area contributed by atoms with E-state index in [1.54, 1.807) is 12.1 Å². The Hall–Kier alpha value is -1.40. The minimum Gasteiger partial charge on any atom is -0.326 e. The maximum Gasteiger partial charge on any atom is 0.238 e. The highest BCUT2D eigenvalue weighted by atomic mass is 32.2. The van der Waals surface area contributed by atoms with Gasteiger partial charge in [-0.25, -0.2) is 13.6 Å². The Bertz CT molecular complexity index is 607. The van der Waals surface area contributed by atoms with E-state index in [9.17, 15) is 13.2 Å². The highest BCUT2D eigenvalue weighted by molar-refractivity contribution is 7.89. The summed E-state index contributed by atoms with van der Waals surface area (Å²) >= 11 is 0. The number of carbonyl (C=O) groups excluding carboxylic acids is 1. The summed E-state index contributed by atoms with van der Waals surface area (Å²) in [5, 5.41) is 7.94. The Labute approximate surface area is 120 Å². The van der Waals surface area contributed by atoms with Gasteiger partial charge in [0.05, 0.1) is 4.90 Å². The van der Waals surface area contributed by atoms with Gasteiger partial charge in [-0.1, -0.05) is 33.8 Å². The van der Waals surface area contributed by atoms with Crippen LogP contribution in [0.25, 0.3) is 0 Å². The van der Waals surface area contributed by atoms with E-state index in [2.05, 4.69) is 5.32 Å². The molecule has 1 amide bonds. The van der Waals surface area contributed by atoms with E-state index in [0.717, 1.165) is 0 Å². The van der Waals surface area contributed by atoms with Crippen molar-refractivity contribution in [1.29, 1.82) is 0 Å². The molecule has 0 aliphatic rings. The van der Waals surface area contributed by atoms with Gasteiger partial charge in [0.15, 0.2) is 0 Å². The maximum atomic E-state index is 12.1. The monoisotopic (exact) mass is 298 g/mol. The van der Waals surface area contributed by atoms with Crippen LogP contribution in [-0.4, -0.2) is 14.3 Å². The predicted octanol–water partition coefficient (Wildman–Crippen LogP) is 2.27. The van der Waals surface area contributed by atoms with Crippen LogP contribution < -0.4 is 10.5 Å². The molecule has 0 aliphatic heterocycles. The fraction of sp³-hybridized carbons (Fsp3) is 0.500. The Kier molecular flexibility index (Phi) is 4.94. The molecular weight excluding hydrogens is 276 g/mol. The van der Waals surface area contributed by atoms with E-state index in [0.29, 0.717) is 24.1 Å². The van der Waals surface area contributed by atoms with Crippen molar-refractivity contribution in [2.24, 2.45) is 10.6 Å². The smallest absolute Gasteiger partial charge is 0.238 e. The fourth-order valence-corrected chi connectivity index (χ4v) is 2.52. The average molecular weight is 298 g/mol. The zero-order valence-corrected chi connectivity index (χ0v) is 13.2. The molecule has 0 unspecified atom stereocenters. The summed E-state index contributed by atoms with van der Waals surface area (Å²) in [7, 11) is -3.80. The van der Waals surface area contributed by atoms with Gasteiger partial charge in [-0.2, -0.15) is 0 Å². The van der Waals surface area contributed by atoms with Crippen molar-refractivity contribution in [1.82, 2.24) is 0 Å². The third-order valence-electron chi connectivity index (χ3n) is 3.51. The van der Waals surface area contributed by atoms with Crippen molar-refractivity contribution in [2.75, 3.05) is 5.32 Å². The first-order valence-electron chi connectivity index (χ1n) is 6.59. The van der Waals surface area contributed by atoms with Crippen molar-refractivity contribution in [3.63, 3.8) is 0 Å². The first kappa shape index (κ1) is 16.7. The molecule has 6 heteroatoms. The zero-order valence-electron chi connectivity index (χ0n) is 12.4. The minimum absolute atomic E-state index is 0.0621. The Morgan fingerprint density at radius 3 is 2.35 bits per heavy atom. The van der Waals surface area contributed by atoms with E-state index >= 15 is 0 Å². The summed E-state index contributed by atoms with van der Waals surface area (Å²) < 4.78 is 23.1. The number of nitrogens with two attached hydrogens (primary N) is 1. The van der Waals surface area contributed by atoms with E-state index < -0.39 is 15.4 Å². The lowest BCUT2D eigenvalue weighted by molar-refractivity contribution is -0.124. The van der Waals surface area contributed by atoms with Gasteiger partial charge >= 0.3 is 0 Å². The molecule has 1 rings (SSSR count). The number of benzene rings is 1. The zero-order chi connectivity index (χ0) is 15.6. The van der Waals surface area contributed by atoms with Crippen LogP contribution in [0, 0.1) is 5.41 Å². The molecule has 0 fully saturated rings. The topological polar surface area (TPSA) is 89.3 Å². The Balaban J connectivity index is 3.14. The van der Waals surface area contributed by atoms with Crippen LogP contribution in [0.1, 0.15) is 39.7 Å². The maximum absolute atomic E-state index is 12.1. The first-order valence-corrected chi connectivity index (χ1v) is 8.13. The number of aryl methyl sites for hydroxylation is 1. The number of sulfonamides is 1. The van der Waals surface area contributed by atoms with Gasteiger partial charge in [-0.05, 0) is 30.5 Å². The normalized spacial score (nSPS) is 12.2. The Morgan fingerprint density at radius 2 is 1.90 bits per heavy atom. The molecule has 3 N–H and O–H groups in total. The lowest BCUT2D eigenvalue weighted by Crippen LogP contribution is -2.30.